The number of hydrogen-bond donors (Lipinski definition) is 3. The third kappa shape index (κ3) is 7.15. The molecule has 176 valence electrons. The number of aryl methyl sites for hydroxylation is 1. The Morgan fingerprint density at radius 2 is 1.42 bits per heavy atom. The second-order valence-corrected chi connectivity index (χ2v) is 9.65. The Bertz CT molecular complexity index is 1110. The van der Waals surface area contributed by atoms with Crippen LogP contribution in [0.5, 0.6) is 0 Å². The van der Waals surface area contributed by atoms with Crippen molar-refractivity contribution in [1.29, 1.82) is 0 Å². The molecule has 1 heterocycles. The first-order valence-corrected chi connectivity index (χ1v) is 12.6. The summed E-state index contributed by atoms with van der Waals surface area (Å²) < 4.78 is 28.2. The van der Waals surface area contributed by atoms with Crippen molar-refractivity contribution < 1.29 is 18.0 Å². The molecule has 0 saturated carbocycles. The fourth-order valence-corrected chi connectivity index (χ4v) is 4.55. The number of aliphatic imine (C=N–C) groups is 1. The van der Waals surface area contributed by atoms with Gasteiger partial charge in [-0.25, -0.2) is 8.42 Å². The van der Waals surface area contributed by atoms with E-state index in [0.717, 1.165) is 31.2 Å². The molecular formula is C24H30N4O4S. The number of amidine groups is 1. The van der Waals surface area contributed by atoms with Crippen LogP contribution in [-0.2, 0) is 10.0 Å². The number of amides is 2. The summed E-state index contributed by atoms with van der Waals surface area (Å²) in [6.45, 7) is 3.07. The van der Waals surface area contributed by atoms with Gasteiger partial charge in [0.25, 0.3) is 21.8 Å². The average molecular weight is 471 g/mol. The minimum Gasteiger partial charge on any atom is -0.352 e. The fourth-order valence-electron chi connectivity index (χ4n) is 3.46. The van der Waals surface area contributed by atoms with Gasteiger partial charge < -0.3 is 10.6 Å². The van der Waals surface area contributed by atoms with Crippen molar-refractivity contribution in [3.63, 3.8) is 0 Å². The van der Waals surface area contributed by atoms with Crippen molar-refractivity contribution in [3.05, 3.63) is 65.2 Å². The number of hydrogen-bond acceptors (Lipinski definition) is 5. The van der Waals surface area contributed by atoms with Gasteiger partial charge in [0.05, 0.1) is 16.0 Å². The van der Waals surface area contributed by atoms with Crippen LogP contribution in [-0.4, -0.2) is 45.7 Å². The lowest BCUT2D eigenvalue weighted by Gasteiger charge is -2.14. The average Bonchev–Trinajstić information content (AvgIpc) is 2.79. The minimum absolute atomic E-state index is 0.159. The molecular weight excluding hydrogens is 440 g/mol. The Hall–Kier alpha value is -3.20. The Kier molecular flexibility index (Phi) is 8.59. The SMILES string of the molecule is Cc1ccc(S(=O)(=O)NC2=NCCCCCCNC(=O)c3ccccc3C(=O)NCC2)cc1. The molecule has 0 fully saturated rings. The predicted octanol–water partition coefficient (Wildman–Crippen LogP) is 2.80. The number of nitrogens with zero attached hydrogens (tertiary/aromatic N) is 1. The van der Waals surface area contributed by atoms with Crippen LogP contribution < -0.4 is 15.4 Å². The monoisotopic (exact) mass is 470 g/mol. The number of sulfonamides is 1. The quantitative estimate of drug-likeness (QED) is 0.626. The lowest BCUT2D eigenvalue weighted by molar-refractivity contribution is 0.0919. The number of carbonyl (C=O) groups is 2. The molecule has 2 aromatic carbocycles. The molecule has 0 bridgehead atoms. The van der Waals surface area contributed by atoms with E-state index < -0.39 is 15.9 Å². The number of nitrogens with one attached hydrogen (secondary N) is 3. The summed E-state index contributed by atoms with van der Waals surface area (Å²) in [7, 11) is -3.78. The first-order chi connectivity index (χ1) is 15.9. The lowest BCUT2D eigenvalue weighted by Crippen LogP contribution is -2.35. The first kappa shape index (κ1) is 24.4. The summed E-state index contributed by atoms with van der Waals surface area (Å²) >= 11 is 0. The molecule has 3 rings (SSSR count). The van der Waals surface area contributed by atoms with Crippen molar-refractivity contribution in [2.75, 3.05) is 19.6 Å². The summed E-state index contributed by atoms with van der Waals surface area (Å²) in [5.41, 5.74) is 1.56. The topological polar surface area (TPSA) is 117 Å². The molecule has 0 radical (unpaired) electrons. The van der Waals surface area contributed by atoms with E-state index in [-0.39, 0.29) is 29.3 Å². The van der Waals surface area contributed by atoms with Gasteiger partial charge in [0.1, 0.15) is 5.84 Å². The predicted molar refractivity (Wildman–Crippen MR) is 128 cm³/mol. The van der Waals surface area contributed by atoms with E-state index in [1.165, 1.54) is 0 Å². The van der Waals surface area contributed by atoms with E-state index in [1.807, 2.05) is 6.92 Å². The molecule has 1 aliphatic heterocycles. The highest BCUT2D eigenvalue weighted by molar-refractivity contribution is 7.90. The Morgan fingerprint density at radius 1 is 0.818 bits per heavy atom. The highest BCUT2D eigenvalue weighted by Gasteiger charge is 2.18. The zero-order valence-corrected chi connectivity index (χ0v) is 19.6. The highest BCUT2D eigenvalue weighted by Crippen LogP contribution is 2.12. The van der Waals surface area contributed by atoms with Crippen LogP contribution in [0.3, 0.4) is 0 Å². The van der Waals surface area contributed by atoms with Gasteiger partial charge in [0.2, 0.25) is 0 Å². The van der Waals surface area contributed by atoms with Crippen molar-refractivity contribution in [3.8, 4) is 0 Å². The zero-order chi connectivity index (χ0) is 23.7. The van der Waals surface area contributed by atoms with Crippen LogP contribution >= 0.6 is 0 Å². The number of carbonyl (C=O) groups excluding carboxylic acids is 2. The molecule has 0 atom stereocenters. The highest BCUT2D eigenvalue weighted by atomic mass is 32.2. The largest absolute Gasteiger partial charge is 0.352 e. The van der Waals surface area contributed by atoms with Gasteiger partial charge in [-0.05, 0) is 44.0 Å². The minimum atomic E-state index is -3.78. The molecule has 0 saturated heterocycles. The third-order valence-corrected chi connectivity index (χ3v) is 6.72. The number of fused-ring (bicyclic) bond motifs is 1. The molecule has 3 N–H and O–H groups in total. The number of benzene rings is 2. The smallest absolute Gasteiger partial charge is 0.262 e. The zero-order valence-electron chi connectivity index (χ0n) is 18.8. The Morgan fingerprint density at radius 3 is 2.09 bits per heavy atom. The molecule has 2 aromatic rings. The summed E-state index contributed by atoms with van der Waals surface area (Å²) in [5.74, 6) is -0.372. The van der Waals surface area contributed by atoms with E-state index in [4.69, 9.17) is 0 Å². The molecule has 8 nitrogen and oxygen atoms in total. The summed E-state index contributed by atoms with van der Waals surface area (Å²) in [6, 6.07) is 13.2. The van der Waals surface area contributed by atoms with Gasteiger partial charge in [-0.15, -0.1) is 0 Å². The molecule has 9 heteroatoms. The van der Waals surface area contributed by atoms with E-state index >= 15 is 0 Å². The summed E-state index contributed by atoms with van der Waals surface area (Å²) in [5, 5.41) is 5.64. The second kappa shape index (κ2) is 11.6. The number of rotatable bonds is 2. The van der Waals surface area contributed by atoms with Crippen molar-refractivity contribution in [1.82, 2.24) is 15.4 Å². The molecule has 2 amide bonds. The van der Waals surface area contributed by atoms with E-state index in [9.17, 15) is 18.0 Å². The molecule has 0 unspecified atom stereocenters. The molecule has 33 heavy (non-hydrogen) atoms. The van der Waals surface area contributed by atoms with E-state index in [1.54, 1.807) is 48.5 Å². The third-order valence-electron chi connectivity index (χ3n) is 5.32. The first-order valence-electron chi connectivity index (χ1n) is 11.1. The van der Waals surface area contributed by atoms with Gasteiger partial charge in [-0.1, -0.05) is 42.7 Å². The van der Waals surface area contributed by atoms with Crippen molar-refractivity contribution in [2.24, 2.45) is 4.99 Å². The standard InChI is InChI=1S/C24H30N4O4S/c1-18-10-12-19(13-11-18)33(31,32)28-22-14-17-27-24(30)21-9-5-4-8-20(21)23(29)26-16-7-3-2-6-15-25-22/h4-5,8-13H,2-3,6-7,14-17H2,1H3,(H,25,28)(H,26,29)(H,27,30). The maximum Gasteiger partial charge on any atom is 0.262 e. The van der Waals surface area contributed by atoms with Gasteiger partial charge in [0.15, 0.2) is 0 Å². The van der Waals surface area contributed by atoms with Crippen LogP contribution in [0.25, 0.3) is 0 Å². The van der Waals surface area contributed by atoms with Gasteiger partial charge in [-0.3, -0.25) is 19.3 Å². The maximum atomic E-state index is 12.8. The maximum absolute atomic E-state index is 12.8. The van der Waals surface area contributed by atoms with Crippen LogP contribution in [0.2, 0.25) is 0 Å². The fraction of sp³-hybridized carbons (Fsp3) is 0.375. The van der Waals surface area contributed by atoms with E-state index in [0.29, 0.717) is 24.5 Å². The lowest BCUT2D eigenvalue weighted by atomic mass is 10.1. The molecule has 0 aliphatic carbocycles. The van der Waals surface area contributed by atoms with Gasteiger partial charge in [-0.2, -0.15) is 0 Å². The van der Waals surface area contributed by atoms with Crippen molar-refractivity contribution in [2.45, 2.75) is 43.9 Å². The summed E-state index contributed by atoms with van der Waals surface area (Å²) in [6.07, 6.45) is 3.67. The van der Waals surface area contributed by atoms with Gasteiger partial charge in [0, 0.05) is 26.1 Å². The van der Waals surface area contributed by atoms with Crippen LogP contribution in [0.1, 0.15) is 58.4 Å². The van der Waals surface area contributed by atoms with Gasteiger partial charge >= 0.3 is 0 Å². The van der Waals surface area contributed by atoms with Crippen LogP contribution in [0.15, 0.2) is 58.4 Å². The Labute approximate surface area is 194 Å². The van der Waals surface area contributed by atoms with E-state index in [2.05, 4.69) is 20.3 Å². The van der Waals surface area contributed by atoms with Crippen molar-refractivity contribution >= 4 is 27.7 Å². The molecule has 0 spiro atoms. The Balaban J connectivity index is 1.76. The normalized spacial score (nSPS) is 16.7. The second-order valence-electron chi connectivity index (χ2n) is 7.97. The molecule has 0 aromatic heterocycles. The van der Waals surface area contributed by atoms with Crippen LogP contribution in [0.4, 0.5) is 0 Å². The molecule has 1 aliphatic rings. The van der Waals surface area contributed by atoms with Crippen LogP contribution in [0, 0.1) is 6.92 Å². The summed E-state index contributed by atoms with van der Waals surface area (Å²) in [4.78, 5) is 29.9.